The zero-order valence-corrected chi connectivity index (χ0v) is 16.5. The Balaban J connectivity index is 1.95. The van der Waals surface area contributed by atoms with E-state index in [-0.39, 0.29) is 33.4 Å². The number of nitrogens with one attached hydrogen (secondary N) is 1. The molecule has 4 unspecified atom stereocenters. The lowest BCUT2D eigenvalue weighted by molar-refractivity contribution is -0.141. The van der Waals surface area contributed by atoms with Gasteiger partial charge in [-0.1, -0.05) is 42.5 Å². The predicted molar refractivity (Wildman–Crippen MR) is 104 cm³/mol. The summed E-state index contributed by atoms with van der Waals surface area (Å²) >= 11 is 0. The topological polar surface area (TPSA) is 72.2 Å². The van der Waals surface area contributed by atoms with Crippen molar-refractivity contribution < 1.29 is 21.6 Å². The molecular formula is C21H23F3N2O2S. The van der Waals surface area contributed by atoms with E-state index < -0.39 is 22.1 Å². The van der Waals surface area contributed by atoms with Crippen molar-refractivity contribution in [1.29, 1.82) is 0 Å². The van der Waals surface area contributed by atoms with Gasteiger partial charge in [-0.05, 0) is 66.4 Å². The number of nitrogens with two attached hydrogens (primary N) is 1. The summed E-state index contributed by atoms with van der Waals surface area (Å²) in [6.07, 6.45) is -3.04. The Morgan fingerprint density at radius 3 is 2.38 bits per heavy atom. The van der Waals surface area contributed by atoms with Crippen molar-refractivity contribution >= 4 is 10.0 Å². The fraction of sp³-hybridized carbons (Fsp3) is 0.429. The maximum Gasteiger partial charge on any atom is 0.399 e. The Labute approximate surface area is 168 Å². The van der Waals surface area contributed by atoms with Crippen molar-refractivity contribution in [3.8, 4) is 0 Å². The van der Waals surface area contributed by atoms with E-state index in [0.29, 0.717) is 18.9 Å². The summed E-state index contributed by atoms with van der Waals surface area (Å²) in [6.45, 7) is 1.49. The second kappa shape index (κ2) is 7.41. The average molecular weight is 424 g/mol. The third-order valence-electron chi connectivity index (χ3n) is 6.31. The Kier molecular flexibility index (Phi) is 5.21. The minimum absolute atomic E-state index is 0.00669. The summed E-state index contributed by atoms with van der Waals surface area (Å²) < 4.78 is 67.5. The molecule has 1 aliphatic heterocycles. The van der Waals surface area contributed by atoms with Crippen LogP contribution in [0.25, 0.3) is 0 Å². The molecule has 4 nitrogen and oxygen atoms in total. The molecule has 1 saturated carbocycles. The third kappa shape index (κ3) is 3.81. The lowest BCUT2D eigenvalue weighted by atomic mass is 9.79. The molecule has 1 saturated heterocycles. The van der Waals surface area contributed by atoms with Gasteiger partial charge >= 0.3 is 6.18 Å². The van der Waals surface area contributed by atoms with Gasteiger partial charge in [0.2, 0.25) is 10.0 Å². The highest BCUT2D eigenvalue weighted by atomic mass is 32.2. The van der Waals surface area contributed by atoms with Gasteiger partial charge in [-0.25, -0.2) is 13.6 Å². The molecule has 0 aromatic heterocycles. The number of sulfonamides is 1. The summed E-state index contributed by atoms with van der Waals surface area (Å²) in [5, 5.41) is 8.74. The van der Waals surface area contributed by atoms with Crippen LogP contribution < -0.4 is 10.5 Å². The SMILES string of the molecule is NS(=O)(=O)c1cccc(C(c2ccccc2)C(F)(F)F)c1C1CCC2CNCC21. The first-order valence-electron chi connectivity index (χ1n) is 9.66. The van der Waals surface area contributed by atoms with Gasteiger partial charge in [-0.3, -0.25) is 0 Å². The molecule has 1 aliphatic carbocycles. The largest absolute Gasteiger partial charge is 0.399 e. The van der Waals surface area contributed by atoms with Crippen molar-refractivity contribution in [2.24, 2.45) is 17.0 Å². The standard InChI is InChI=1S/C21H23F3N2O2S/c22-21(23,24)20(13-5-2-1-3-6-13)16-7-4-8-18(29(25,27)28)19(16)15-10-9-14-11-26-12-17(14)15/h1-8,14-15,17,20,26H,9-12H2,(H2,25,27,28). The van der Waals surface area contributed by atoms with Crippen molar-refractivity contribution in [2.45, 2.75) is 35.7 Å². The first kappa shape index (κ1) is 20.4. The highest BCUT2D eigenvalue weighted by Crippen LogP contribution is 2.51. The molecule has 4 rings (SSSR count). The molecule has 0 bridgehead atoms. The molecule has 2 fully saturated rings. The van der Waals surface area contributed by atoms with Crippen LogP contribution in [0.4, 0.5) is 13.2 Å². The van der Waals surface area contributed by atoms with Crippen LogP contribution in [0.1, 0.15) is 41.4 Å². The number of primary sulfonamides is 1. The minimum atomic E-state index is -4.57. The second-order valence-corrected chi connectivity index (χ2v) is 9.49. The van der Waals surface area contributed by atoms with Crippen LogP contribution in [0.5, 0.6) is 0 Å². The highest BCUT2D eigenvalue weighted by Gasteiger charge is 2.47. The van der Waals surface area contributed by atoms with Crippen molar-refractivity contribution in [3.63, 3.8) is 0 Å². The van der Waals surface area contributed by atoms with Gasteiger partial charge < -0.3 is 5.32 Å². The number of halogens is 3. The molecule has 156 valence electrons. The zero-order chi connectivity index (χ0) is 20.8. The van der Waals surface area contributed by atoms with Gasteiger partial charge in [0.1, 0.15) is 5.92 Å². The zero-order valence-electron chi connectivity index (χ0n) is 15.7. The quantitative estimate of drug-likeness (QED) is 0.785. The van der Waals surface area contributed by atoms with Crippen LogP contribution in [0.3, 0.4) is 0 Å². The van der Waals surface area contributed by atoms with E-state index in [1.165, 1.54) is 30.3 Å². The van der Waals surface area contributed by atoms with Gasteiger partial charge in [0.05, 0.1) is 4.90 Å². The molecule has 1 heterocycles. The van der Waals surface area contributed by atoms with Crippen LogP contribution >= 0.6 is 0 Å². The molecule has 2 aromatic carbocycles. The maximum absolute atomic E-state index is 14.3. The normalized spacial score (nSPS) is 25.7. The van der Waals surface area contributed by atoms with Gasteiger partial charge in [-0.15, -0.1) is 0 Å². The van der Waals surface area contributed by atoms with E-state index in [4.69, 9.17) is 5.14 Å². The number of fused-ring (bicyclic) bond motifs is 1. The third-order valence-corrected chi connectivity index (χ3v) is 7.27. The number of rotatable bonds is 4. The Morgan fingerprint density at radius 1 is 1.00 bits per heavy atom. The van der Waals surface area contributed by atoms with Gasteiger partial charge in [0, 0.05) is 0 Å². The van der Waals surface area contributed by atoms with Gasteiger partial charge in [0.15, 0.2) is 0 Å². The van der Waals surface area contributed by atoms with E-state index in [1.807, 2.05) is 0 Å². The van der Waals surface area contributed by atoms with Crippen LogP contribution in [-0.4, -0.2) is 27.7 Å². The minimum Gasteiger partial charge on any atom is -0.316 e. The molecule has 8 heteroatoms. The number of hydrogen-bond donors (Lipinski definition) is 2. The molecule has 0 spiro atoms. The first-order valence-corrected chi connectivity index (χ1v) is 11.2. The van der Waals surface area contributed by atoms with E-state index >= 15 is 0 Å². The molecular weight excluding hydrogens is 401 g/mol. The fourth-order valence-electron chi connectivity index (χ4n) is 5.15. The smallest absolute Gasteiger partial charge is 0.316 e. The summed E-state index contributed by atoms with van der Waals surface area (Å²) in [7, 11) is -4.17. The first-order chi connectivity index (χ1) is 13.7. The van der Waals surface area contributed by atoms with Gasteiger partial charge in [-0.2, -0.15) is 13.2 Å². The van der Waals surface area contributed by atoms with Gasteiger partial charge in [0.25, 0.3) is 0 Å². The van der Waals surface area contributed by atoms with Crippen LogP contribution in [0.15, 0.2) is 53.4 Å². The molecule has 2 aromatic rings. The summed E-state index contributed by atoms with van der Waals surface area (Å²) in [4.78, 5) is -0.183. The molecule has 0 amide bonds. The molecule has 2 aliphatic rings. The van der Waals surface area contributed by atoms with Crippen LogP contribution in [0.2, 0.25) is 0 Å². The van der Waals surface area contributed by atoms with E-state index in [0.717, 1.165) is 13.0 Å². The molecule has 4 atom stereocenters. The van der Waals surface area contributed by atoms with Crippen LogP contribution in [0, 0.1) is 11.8 Å². The lowest BCUT2D eigenvalue weighted by Crippen LogP contribution is -2.27. The lowest BCUT2D eigenvalue weighted by Gasteiger charge is -2.29. The predicted octanol–water partition coefficient (Wildman–Crippen LogP) is 3.74. The van der Waals surface area contributed by atoms with Crippen molar-refractivity contribution in [1.82, 2.24) is 5.32 Å². The van der Waals surface area contributed by atoms with Crippen molar-refractivity contribution in [2.75, 3.05) is 13.1 Å². The monoisotopic (exact) mass is 424 g/mol. The Hall–Kier alpha value is -1.90. The van der Waals surface area contributed by atoms with E-state index in [9.17, 15) is 21.6 Å². The molecule has 3 N–H and O–H groups in total. The Bertz CT molecular complexity index is 993. The van der Waals surface area contributed by atoms with E-state index in [2.05, 4.69) is 5.32 Å². The number of hydrogen-bond acceptors (Lipinski definition) is 3. The Morgan fingerprint density at radius 2 is 1.72 bits per heavy atom. The van der Waals surface area contributed by atoms with Crippen molar-refractivity contribution in [3.05, 3.63) is 65.2 Å². The van der Waals surface area contributed by atoms with E-state index in [1.54, 1.807) is 18.2 Å². The summed E-state index contributed by atoms with van der Waals surface area (Å²) in [6, 6.07) is 11.7. The fourth-order valence-corrected chi connectivity index (χ4v) is 6.00. The molecule has 29 heavy (non-hydrogen) atoms. The molecule has 0 radical (unpaired) electrons. The maximum atomic E-state index is 14.3. The number of alkyl halides is 3. The highest BCUT2D eigenvalue weighted by molar-refractivity contribution is 7.89. The summed E-state index contributed by atoms with van der Waals surface area (Å²) in [5.41, 5.74) is 0.331. The summed E-state index contributed by atoms with van der Waals surface area (Å²) in [5.74, 6) is -1.72. The average Bonchev–Trinajstić information content (AvgIpc) is 3.24. The van der Waals surface area contributed by atoms with Crippen LogP contribution in [-0.2, 0) is 10.0 Å². The second-order valence-electron chi connectivity index (χ2n) is 7.96. The number of benzene rings is 2.